The molecule has 4 unspecified atom stereocenters. The maximum absolute atomic E-state index is 13.8. The van der Waals surface area contributed by atoms with Crippen LogP contribution in [0.15, 0.2) is 11.6 Å². The first-order chi connectivity index (χ1) is 22.7. The van der Waals surface area contributed by atoms with Crippen LogP contribution in [-0.4, -0.2) is 54.4 Å². The normalized spacial score (nSPS) is 32.6. The molecule has 4 rings (SSSR count). The molecule has 9 heteroatoms. The molecule has 3 saturated carbocycles. The number of allylic oxidation sites excluding steroid dienone is 1. The molecule has 6 nitrogen and oxygen atoms in total. The maximum Gasteiger partial charge on any atom is 0.410 e. The molecule has 0 aromatic heterocycles. The summed E-state index contributed by atoms with van der Waals surface area (Å²) in [5.74, 6) is 5.07. The molecule has 51 heavy (non-hydrogen) atoms. The van der Waals surface area contributed by atoms with Gasteiger partial charge in [0.1, 0.15) is 6.10 Å². The van der Waals surface area contributed by atoms with Gasteiger partial charge in [-0.15, -0.1) is 37.2 Å². The first-order valence-corrected chi connectivity index (χ1v) is 20.6. The van der Waals surface area contributed by atoms with Crippen LogP contribution < -0.4 is 16.8 Å². The number of ether oxygens (including phenoxy) is 1. The van der Waals surface area contributed by atoms with Gasteiger partial charge < -0.3 is 26.4 Å². The Hall–Kier alpha value is -0.240. The second-order valence-electron chi connectivity index (χ2n) is 18.6. The number of amides is 1. The van der Waals surface area contributed by atoms with Crippen LogP contribution in [0.1, 0.15) is 159 Å². The summed E-state index contributed by atoms with van der Waals surface area (Å²) >= 11 is 0. The van der Waals surface area contributed by atoms with Crippen LogP contribution >= 0.6 is 37.2 Å². The Morgan fingerprint density at radius 1 is 0.882 bits per heavy atom. The number of unbranched alkanes of at least 4 members (excludes halogenated alkanes) is 1. The zero-order valence-electron chi connectivity index (χ0n) is 34.1. The van der Waals surface area contributed by atoms with Gasteiger partial charge in [-0.1, -0.05) is 65.5 Å². The highest BCUT2D eigenvalue weighted by atomic mass is 35.5. The summed E-state index contributed by atoms with van der Waals surface area (Å²) in [5, 5.41) is 3.58. The molecule has 0 aromatic carbocycles. The number of nitrogens with zero attached hydrogens (tertiary/aromatic N) is 1. The first kappa shape index (κ1) is 48.8. The van der Waals surface area contributed by atoms with E-state index in [-0.39, 0.29) is 73.0 Å². The van der Waals surface area contributed by atoms with E-state index in [2.05, 4.69) is 66.8 Å². The van der Waals surface area contributed by atoms with Gasteiger partial charge in [-0.25, -0.2) is 4.79 Å². The van der Waals surface area contributed by atoms with E-state index in [9.17, 15) is 4.79 Å². The van der Waals surface area contributed by atoms with Crippen molar-refractivity contribution in [1.82, 2.24) is 10.2 Å². The quantitative estimate of drug-likeness (QED) is 0.101. The molecule has 302 valence electrons. The third-order valence-electron chi connectivity index (χ3n) is 14.1. The van der Waals surface area contributed by atoms with Crippen LogP contribution in [0, 0.1) is 46.3 Å². The minimum Gasteiger partial charge on any atom is -0.446 e. The Labute approximate surface area is 333 Å². The minimum absolute atomic E-state index is 0. The fraction of sp³-hybridized carbons (Fsp3) is 0.929. The van der Waals surface area contributed by atoms with Crippen molar-refractivity contribution in [2.75, 3.05) is 13.1 Å². The zero-order valence-corrected chi connectivity index (χ0v) is 36.5. The van der Waals surface area contributed by atoms with Crippen LogP contribution in [0.4, 0.5) is 4.79 Å². The predicted octanol–water partition coefficient (Wildman–Crippen LogP) is 10.7. The van der Waals surface area contributed by atoms with Crippen molar-refractivity contribution in [2.45, 2.75) is 189 Å². The lowest BCUT2D eigenvalue weighted by Crippen LogP contribution is -2.51. The molecule has 0 heterocycles. The van der Waals surface area contributed by atoms with Gasteiger partial charge in [-0.3, -0.25) is 0 Å². The first-order valence-electron chi connectivity index (χ1n) is 20.6. The summed E-state index contributed by atoms with van der Waals surface area (Å²) < 4.78 is 6.37. The van der Waals surface area contributed by atoms with Gasteiger partial charge in [0, 0.05) is 37.1 Å². The Bertz CT molecular complexity index is 1060. The summed E-state index contributed by atoms with van der Waals surface area (Å²) in [7, 11) is 0. The number of fused-ring (bicyclic) bond motifs is 5. The third-order valence-corrected chi connectivity index (χ3v) is 14.1. The van der Waals surface area contributed by atoms with Gasteiger partial charge in [-0.05, 0) is 151 Å². The SMILES string of the molecule is CC(C)CCC[C@@H](C)[C@H]1CC[C@H]2[C@@H]3CC=C4C[C@@H](OC(=O)N(CCCCNC(C)CC(C)N)C(C)CC(C)N)CC[C@]4(C)[C@H]3CC[C@]12C.Cl.Cl.Cl. The molecule has 1 amide bonds. The lowest BCUT2D eigenvalue weighted by molar-refractivity contribution is -0.0597. The zero-order chi connectivity index (χ0) is 35.2. The van der Waals surface area contributed by atoms with Crippen LogP contribution in [0.3, 0.4) is 0 Å². The minimum atomic E-state index is -0.141. The topological polar surface area (TPSA) is 93.6 Å². The number of nitrogens with two attached hydrogens (primary N) is 2. The fourth-order valence-corrected chi connectivity index (χ4v) is 11.5. The van der Waals surface area contributed by atoms with Crippen LogP contribution in [0.2, 0.25) is 0 Å². The van der Waals surface area contributed by atoms with Crippen molar-refractivity contribution in [3.05, 3.63) is 11.6 Å². The van der Waals surface area contributed by atoms with Crippen LogP contribution in [-0.2, 0) is 4.74 Å². The van der Waals surface area contributed by atoms with E-state index >= 15 is 0 Å². The van der Waals surface area contributed by atoms with E-state index in [0.29, 0.717) is 18.0 Å². The standard InChI is InChI=1S/C42H78N4O2.3ClH/c1-28(2)13-12-14-29(3)37-17-18-38-36-16-15-34-27-35(19-21-41(34,8)39(36)20-22-42(37,38)9)48-40(47)46(33(7)26-31(5)44)24-11-10-23-45-32(6)25-30(4)43;;;/h15,28-33,35-39,45H,10-14,16-27,43-44H2,1-9H3;3*1H/t29-,30?,31?,32?,33?,35+,36+,37-,38+,39+,41+,42-;;;/m1.../s1. The molecule has 0 radical (unpaired) electrons. The van der Waals surface area contributed by atoms with Gasteiger partial charge in [-0.2, -0.15) is 0 Å². The van der Waals surface area contributed by atoms with Crippen molar-refractivity contribution in [3.8, 4) is 0 Å². The Balaban J connectivity index is 0.00000433. The van der Waals surface area contributed by atoms with Crippen molar-refractivity contribution in [3.63, 3.8) is 0 Å². The average molecular weight is 780 g/mol. The lowest BCUT2D eigenvalue weighted by atomic mass is 9.47. The summed E-state index contributed by atoms with van der Waals surface area (Å²) in [6.45, 7) is 22.7. The summed E-state index contributed by atoms with van der Waals surface area (Å²) in [4.78, 5) is 15.7. The summed E-state index contributed by atoms with van der Waals surface area (Å²) in [6, 6.07) is 0.728. The molecule has 0 aromatic rings. The maximum atomic E-state index is 13.8. The average Bonchev–Trinajstić information content (AvgIpc) is 3.35. The third kappa shape index (κ3) is 12.4. The number of rotatable bonds is 17. The Kier molecular flexibility index (Phi) is 20.8. The molecule has 4 aliphatic carbocycles. The van der Waals surface area contributed by atoms with Crippen molar-refractivity contribution >= 4 is 43.3 Å². The van der Waals surface area contributed by atoms with E-state index in [1.54, 1.807) is 5.57 Å². The van der Waals surface area contributed by atoms with E-state index in [4.69, 9.17) is 16.2 Å². The highest BCUT2D eigenvalue weighted by Gasteiger charge is 2.59. The van der Waals surface area contributed by atoms with E-state index in [0.717, 1.165) is 87.0 Å². The molecule has 5 N–H and O–H groups in total. The van der Waals surface area contributed by atoms with E-state index < -0.39 is 0 Å². The fourth-order valence-electron chi connectivity index (χ4n) is 11.5. The summed E-state index contributed by atoms with van der Waals surface area (Å²) in [5.41, 5.74) is 14.5. The monoisotopic (exact) mass is 779 g/mol. The predicted molar refractivity (Wildman–Crippen MR) is 224 cm³/mol. The molecule has 12 atom stereocenters. The summed E-state index contributed by atoms with van der Waals surface area (Å²) in [6.07, 6.45) is 20.3. The van der Waals surface area contributed by atoms with Gasteiger partial charge in [0.2, 0.25) is 0 Å². The van der Waals surface area contributed by atoms with Crippen LogP contribution in [0.5, 0.6) is 0 Å². The van der Waals surface area contributed by atoms with Crippen molar-refractivity contribution in [1.29, 1.82) is 0 Å². The highest BCUT2D eigenvalue weighted by Crippen LogP contribution is 2.67. The van der Waals surface area contributed by atoms with Gasteiger partial charge in [0.25, 0.3) is 0 Å². The number of hydrogen-bond acceptors (Lipinski definition) is 5. The molecule has 4 aliphatic rings. The number of carbonyl (C=O) groups excluding carboxylic acids is 1. The molecular weight excluding hydrogens is 699 g/mol. The lowest BCUT2D eigenvalue weighted by Gasteiger charge is -2.58. The van der Waals surface area contributed by atoms with E-state index in [1.807, 2.05) is 11.8 Å². The smallest absolute Gasteiger partial charge is 0.410 e. The Morgan fingerprint density at radius 3 is 2.22 bits per heavy atom. The number of hydrogen-bond donors (Lipinski definition) is 3. The molecular formula is C42H81Cl3N4O2. The molecule has 0 bridgehead atoms. The molecule has 0 saturated heterocycles. The number of carbonyl (C=O) groups is 1. The van der Waals surface area contributed by atoms with Crippen molar-refractivity contribution in [2.24, 2.45) is 57.8 Å². The largest absolute Gasteiger partial charge is 0.446 e. The van der Waals surface area contributed by atoms with Crippen molar-refractivity contribution < 1.29 is 9.53 Å². The van der Waals surface area contributed by atoms with Gasteiger partial charge >= 0.3 is 6.09 Å². The van der Waals surface area contributed by atoms with E-state index in [1.165, 1.54) is 51.4 Å². The Morgan fingerprint density at radius 2 is 1.57 bits per heavy atom. The second-order valence-corrected chi connectivity index (χ2v) is 18.6. The van der Waals surface area contributed by atoms with Gasteiger partial charge in [0.15, 0.2) is 0 Å². The molecule has 3 fully saturated rings. The van der Waals surface area contributed by atoms with Gasteiger partial charge in [0.05, 0.1) is 0 Å². The number of halogens is 3. The second kappa shape index (κ2) is 21.7. The van der Waals surface area contributed by atoms with Crippen LogP contribution in [0.25, 0.3) is 0 Å². The molecule has 0 aliphatic heterocycles. The highest BCUT2D eigenvalue weighted by molar-refractivity contribution is 5.86. The number of nitrogens with one attached hydrogen (secondary N) is 1. The molecule has 0 spiro atoms.